The highest BCUT2D eigenvalue weighted by Gasteiger charge is 2.54. The fourth-order valence-corrected chi connectivity index (χ4v) is 5.61. The number of benzene rings is 1. The zero-order valence-corrected chi connectivity index (χ0v) is 22.1. The van der Waals surface area contributed by atoms with Gasteiger partial charge < -0.3 is 39.8 Å². The van der Waals surface area contributed by atoms with Crippen molar-refractivity contribution in [3.05, 3.63) is 48.5 Å². The number of carboxylic acids is 1. The normalized spacial score (nSPS) is 26.2. The largest absolute Gasteiger partial charge is 0.480 e. The van der Waals surface area contributed by atoms with Gasteiger partial charge in [0.2, 0.25) is 0 Å². The molecule has 4 heterocycles. The molecule has 0 bridgehead atoms. The zero-order valence-electron chi connectivity index (χ0n) is 21.2. The van der Waals surface area contributed by atoms with Gasteiger partial charge in [0, 0.05) is 12.1 Å². The molecule has 2 fully saturated rings. The Bertz CT molecular complexity index is 1420. The molecule has 2 saturated heterocycles. The van der Waals surface area contributed by atoms with E-state index in [1.165, 1.54) is 12.7 Å². The molecule has 16 nitrogen and oxygen atoms in total. The molecular formula is C23H28N7O9P. The summed E-state index contributed by atoms with van der Waals surface area (Å²) in [5.74, 6) is -1.24. The molecule has 5 rings (SSSR count). The molecular weight excluding hydrogens is 549 g/mol. The number of aliphatic carboxylic acids is 1. The number of nitrogens with two attached hydrogens (primary N) is 1. The molecule has 1 aromatic carbocycles. The minimum atomic E-state index is -4.38. The molecule has 2 amide bonds. The summed E-state index contributed by atoms with van der Waals surface area (Å²) < 4.78 is 37.9. The molecule has 7 atom stereocenters. The van der Waals surface area contributed by atoms with Gasteiger partial charge in [0.05, 0.1) is 19.1 Å². The topological polar surface area (TPSA) is 222 Å². The molecule has 0 radical (unpaired) electrons. The van der Waals surface area contributed by atoms with Crippen LogP contribution in [0.1, 0.15) is 25.0 Å². The lowest BCUT2D eigenvalue weighted by molar-refractivity contribution is -0.152. The number of hydrogen-bond acceptors (Lipinski definition) is 11. The van der Waals surface area contributed by atoms with Crippen LogP contribution in [0.5, 0.6) is 0 Å². The number of carbonyl (C=O) groups is 2. The fraction of sp³-hybridized carbons (Fsp3) is 0.435. The van der Waals surface area contributed by atoms with Gasteiger partial charge in [-0.3, -0.25) is 19.2 Å². The van der Waals surface area contributed by atoms with Crippen LogP contribution in [0, 0.1) is 0 Å². The van der Waals surface area contributed by atoms with Crippen LogP contribution in [-0.2, 0) is 28.1 Å². The summed E-state index contributed by atoms with van der Waals surface area (Å²) in [4.78, 5) is 46.1. The Morgan fingerprint density at radius 2 is 1.93 bits per heavy atom. The van der Waals surface area contributed by atoms with Gasteiger partial charge in [0.1, 0.15) is 30.7 Å². The molecule has 214 valence electrons. The van der Waals surface area contributed by atoms with Crippen LogP contribution in [0.3, 0.4) is 0 Å². The second-order valence-electron chi connectivity index (χ2n) is 9.10. The van der Waals surface area contributed by atoms with Crippen molar-refractivity contribution in [3.63, 3.8) is 0 Å². The SMILES string of the molecule is CCNC(=O)Nc1ncnc2c1ncn2[C@@H]1O[C@H](COP(=O)(O)CC(N)C(=O)O)C2O[C@H](c3ccccc3)O[C@@H]21. The number of imidazole rings is 1. The summed E-state index contributed by atoms with van der Waals surface area (Å²) in [5, 5.41) is 14.2. The van der Waals surface area contributed by atoms with E-state index in [2.05, 4.69) is 25.6 Å². The van der Waals surface area contributed by atoms with Crippen LogP contribution >= 0.6 is 7.60 Å². The number of carboxylic acid groups (broad SMARTS) is 1. The standard InChI is InChI=1S/C23H28N7O9P/c1-2-25-23(33)29-18-15-19(27-10-26-18)30(11-28-15)20-17-16(38-22(39-17)12-6-4-3-5-7-12)14(37-20)8-36-40(34,35)9-13(24)21(31)32/h3-7,10-11,13-14,16-17,20,22H,2,8-9,24H2,1H3,(H,31,32)(H,34,35)(H2,25,26,27,29,33)/t13?,14-,16?,17+,20-,22+/m1/s1. The van der Waals surface area contributed by atoms with E-state index in [0.717, 1.165) is 5.56 Å². The van der Waals surface area contributed by atoms with Crippen molar-refractivity contribution in [2.75, 3.05) is 24.6 Å². The first kappa shape index (κ1) is 28.0. The molecule has 2 aromatic heterocycles. The minimum absolute atomic E-state index is 0.186. The van der Waals surface area contributed by atoms with Crippen molar-refractivity contribution >= 4 is 36.6 Å². The summed E-state index contributed by atoms with van der Waals surface area (Å²) in [6, 6.07) is 7.16. The van der Waals surface area contributed by atoms with E-state index in [-0.39, 0.29) is 5.82 Å². The van der Waals surface area contributed by atoms with Crippen LogP contribution in [0.25, 0.3) is 11.2 Å². The van der Waals surface area contributed by atoms with Gasteiger partial charge in [-0.05, 0) is 6.92 Å². The Morgan fingerprint density at radius 3 is 2.65 bits per heavy atom. The Kier molecular flexibility index (Phi) is 8.09. The first-order chi connectivity index (χ1) is 19.2. The van der Waals surface area contributed by atoms with E-state index in [9.17, 15) is 19.0 Å². The van der Waals surface area contributed by atoms with Gasteiger partial charge in [-0.15, -0.1) is 0 Å². The van der Waals surface area contributed by atoms with Crippen molar-refractivity contribution in [2.45, 2.75) is 43.8 Å². The Hall–Kier alpha value is -3.50. The number of rotatable bonds is 10. The zero-order chi connectivity index (χ0) is 28.4. The lowest BCUT2D eigenvalue weighted by atomic mass is 10.1. The smallest absolute Gasteiger partial charge is 0.330 e. The Labute approximate surface area is 227 Å². The van der Waals surface area contributed by atoms with Gasteiger partial charge in [0.25, 0.3) is 0 Å². The number of fused-ring (bicyclic) bond motifs is 2. The quantitative estimate of drug-likeness (QED) is 0.212. The van der Waals surface area contributed by atoms with E-state index in [1.807, 2.05) is 30.3 Å². The molecule has 40 heavy (non-hydrogen) atoms. The molecule has 0 spiro atoms. The number of hydrogen-bond donors (Lipinski definition) is 5. The minimum Gasteiger partial charge on any atom is -0.480 e. The van der Waals surface area contributed by atoms with Gasteiger partial charge in [-0.25, -0.2) is 19.7 Å². The summed E-state index contributed by atoms with van der Waals surface area (Å²) in [7, 11) is -4.38. The molecule has 6 N–H and O–H groups in total. The van der Waals surface area contributed by atoms with Gasteiger partial charge in [-0.1, -0.05) is 30.3 Å². The highest BCUT2D eigenvalue weighted by Crippen LogP contribution is 2.48. The van der Waals surface area contributed by atoms with Crippen molar-refractivity contribution in [3.8, 4) is 0 Å². The Balaban J connectivity index is 1.41. The second kappa shape index (κ2) is 11.5. The predicted molar refractivity (Wildman–Crippen MR) is 137 cm³/mol. The average Bonchev–Trinajstić information content (AvgIpc) is 3.62. The number of aromatic nitrogens is 4. The van der Waals surface area contributed by atoms with E-state index in [0.29, 0.717) is 17.7 Å². The number of nitrogens with zero attached hydrogens (tertiary/aromatic N) is 4. The van der Waals surface area contributed by atoms with Crippen LogP contribution in [0.15, 0.2) is 43.0 Å². The Morgan fingerprint density at radius 1 is 1.18 bits per heavy atom. The number of urea groups is 1. The van der Waals surface area contributed by atoms with Crippen LogP contribution in [-0.4, -0.2) is 85.2 Å². The van der Waals surface area contributed by atoms with Crippen LogP contribution in [0.4, 0.5) is 10.6 Å². The van der Waals surface area contributed by atoms with Crippen molar-refractivity contribution in [1.82, 2.24) is 24.8 Å². The van der Waals surface area contributed by atoms with Crippen molar-refractivity contribution in [1.29, 1.82) is 0 Å². The van der Waals surface area contributed by atoms with Gasteiger partial charge >= 0.3 is 19.6 Å². The lowest BCUT2D eigenvalue weighted by Gasteiger charge is -2.22. The van der Waals surface area contributed by atoms with Crippen LogP contribution < -0.4 is 16.4 Å². The molecule has 2 aliphatic heterocycles. The van der Waals surface area contributed by atoms with Crippen molar-refractivity contribution < 1.29 is 42.9 Å². The van der Waals surface area contributed by atoms with E-state index in [1.54, 1.807) is 11.5 Å². The highest BCUT2D eigenvalue weighted by molar-refractivity contribution is 7.52. The maximum atomic E-state index is 12.5. The summed E-state index contributed by atoms with van der Waals surface area (Å²) in [6.45, 7) is 1.79. The fourth-order valence-electron chi connectivity index (χ4n) is 4.47. The first-order valence-corrected chi connectivity index (χ1v) is 14.1. The number of ether oxygens (including phenoxy) is 3. The highest BCUT2D eigenvalue weighted by atomic mass is 31.2. The third kappa shape index (κ3) is 5.83. The molecule has 3 aromatic rings. The van der Waals surface area contributed by atoms with Gasteiger partial charge in [0.15, 0.2) is 29.5 Å². The van der Waals surface area contributed by atoms with E-state index in [4.69, 9.17) is 29.6 Å². The number of anilines is 1. The average molecular weight is 577 g/mol. The first-order valence-electron chi connectivity index (χ1n) is 12.4. The molecule has 0 aliphatic carbocycles. The summed E-state index contributed by atoms with van der Waals surface area (Å²) in [6.07, 6.45) is -2.02. The maximum absolute atomic E-state index is 12.5. The number of carbonyl (C=O) groups excluding carboxylic acids is 1. The van der Waals surface area contributed by atoms with Crippen LogP contribution in [0.2, 0.25) is 0 Å². The maximum Gasteiger partial charge on any atom is 0.330 e. The number of nitrogens with one attached hydrogen (secondary N) is 2. The van der Waals surface area contributed by atoms with E-state index >= 15 is 0 Å². The number of amides is 2. The lowest BCUT2D eigenvalue weighted by Crippen LogP contribution is -2.35. The molecule has 17 heteroatoms. The molecule has 2 aliphatic rings. The predicted octanol–water partition coefficient (Wildman–Crippen LogP) is 0.962. The third-order valence-electron chi connectivity index (χ3n) is 6.31. The molecule has 3 unspecified atom stereocenters. The van der Waals surface area contributed by atoms with Crippen molar-refractivity contribution in [2.24, 2.45) is 5.73 Å². The summed E-state index contributed by atoms with van der Waals surface area (Å²) >= 11 is 0. The third-order valence-corrected chi connectivity index (χ3v) is 7.71. The molecule has 0 saturated carbocycles. The summed E-state index contributed by atoms with van der Waals surface area (Å²) in [5.41, 5.74) is 6.80. The second-order valence-corrected chi connectivity index (χ2v) is 11.0. The monoisotopic (exact) mass is 577 g/mol. The van der Waals surface area contributed by atoms with E-state index < -0.39 is 69.2 Å². The van der Waals surface area contributed by atoms with Gasteiger partial charge in [-0.2, -0.15) is 0 Å².